The Morgan fingerprint density at radius 1 is 0.872 bits per heavy atom. The fourth-order valence-electron chi connectivity index (χ4n) is 3.41. The SMILES string of the molecule is Cc1c(C)c2c(c(C)c1OC(=O)CCC(=O)[O-])CCC(C)(COC(=O)CCC(=O)[O-])O2.[NH3+]CCO.[NH3+]CCO. The van der Waals surface area contributed by atoms with Crippen LogP contribution in [-0.2, 0) is 30.3 Å². The molecule has 1 aromatic rings. The number of aliphatic hydroxyl groups excluding tert-OH is 2. The maximum Gasteiger partial charge on any atom is 0.311 e. The highest BCUT2D eigenvalue weighted by Crippen LogP contribution is 2.44. The van der Waals surface area contributed by atoms with Gasteiger partial charge in [-0.2, -0.15) is 0 Å². The van der Waals surface area contributed by atoms with Crippen LogP contribution in [0, 0.1) is 20.8 Å². The Labute approximate surface area is 228 Å². The number of fused-ring (bicyclic) bond motifs is 1. The van der Waals surface area contributed by atoms with Crippen LogP contribution in [0.25, 0.3) is 0 Å². The van der Waals surface area contributed by atoms with Crippen LogP contribution in [0.15, 0.2) is 0 Å². The first kappa shape index (κ1) is 35.7. The third-order valence-electron chi connectivity index (χ3n) is 5.70. The molecule has 0 aliphatic carbocycles. The van der Waals surface area contributed by atoms with E-state index in [2.05, 4.69) is 11.5 Å². The molecule has 1 aromatic carbocycles. The van der Waals surface area contributed by atoms with E-state index in [1.165, 1.54) is 0 Å². The number of carbonyl (C=O) groups is 4. The molecule has 0 bridgehead atoms. The second-order valence-electron chi connectivity index (χ2n) is 9.10. The van der Waals surface area contributed by atoms with E-state index < -0.39 is 42.3 Å². The van der Waals surface area contributed by atoms with Crippen LogP contribution in [0.5, 0.6) is 11.5 Å². The van der Waals surface area contributed by atoms with Crippen molar-refractivity contribution in [3.63, 3.8) is 0 Å². The average Bonchev–Trinajstić information content (AvgIpc) is 2.90. The standard InChI is InChI=1S/C22H28O9.2C2H7NO/c1-12-13(2)21-15(14(3)20(12)30-19(28)8-6-17(25)26)9-10-22(4,31-21)11-29-18(27)7-5-16(23)24;2*3-1-2-4/h5-11H2,1-4H3,(H,23,24)(H,25,26);2*4H,1-3H2. The van der Waals surface area contributed by atoms with Gasteiger partial charge in [-0.05, 0) is 70.1 Å². The van der Waals surface area contributed by atoms with Crippen LogP contribution in [0.4, 0.5) is 0 Å². The van der Waals surface area contributed by atoms with Gasteiger partial charge in [-0.3, -0.25) is 9.59 Å². The van der Waals surface area contributed by atoms with Gasteiger partial charge in [-0.15, -0.1) is 0 Å². The number of quaternary nitrogens is 2. The number of carboxylic acid groups (broad SMARTS) is 2. The van der Waals surface area contributed by atoms with E-state index in [-0.39, 0.29) is 32.7 Å². The average molecular weight is 559 g/mol. The molecular formula is C26H42N2O11. The van der Waals surface area contributed by atoms with Crippen molar-refractivity contribution in [2.24, 2.45) is 0 Å². The molecule has 13 nitrogen and oxygen atoms in total. The minimum Gasteiger partial charge on any atom is -0.550 e. The number of aliphatic hydroxyl groups is 2. The molecule has 0 radical (unpaired) electrons. The molecule has 0 spiro atoms. The Balaban J connectivity index is 0.00000159. The Kier molecular flexibility index (Phi) is 16.6. The zero-order chi connectivity index (χ0) is 30.2. The number of carbonyl (C=O) groups excluding carboxylic acids is 4. The van der Waals surface area contributed by atoms with Crippen LogP contribution in [-0.4, -0.2) is 72.6 Å². The van der Waals surface area contributed by atoms with Crippen LogP contribution >= 0.6 is 0 Å². The van der Waals surface area contributed by atoms with Gasteiger partial charge in [-0.25, -0.2) is 0 Å². The maximum absolute atomic E-state index is 12.0. The summed E-state index contributed by atoms with van der Waals surface area (Å²) in [7, 11) is 0. The number of ether oxygens (including phenoxy) is 3. The Morgan fingerprint density at radius 2 is 1.36 bits per heavy atom. The van der Waals surface area contributed by atoms with Gasteiger partial charge in [0, 0.05) is 17.5 Å². The Bertz CT molecular complexity index is 973. The molecule has 13 heteroatoms. The first-order valence-corrected chi connectivity index (χ1v) is 12.6. The van der Waals surface area contributed by atoms with Crippen molar-refractivity contribution in [2.75, 3.05) is 32.9 Å². The lowest BCUT2D eigenvalue weighted by Crippen LogP contribution is -2.51. The fraction of sp³-hybridized carbons (Fsp3) is 0.615. The third-order valence-corrected chi connectivity index (χ3v) is 5.70. The van der Waals surface area contributed by atoms with Crippen molar-refractivity contribution in [1.29, 1.82) is 0 Å². The zero-order valence-corrected chi connectivity index (χ0v) is 23.3. The highest BCUT2D eigenvalue weighted by molar-refractivity contribution is 5.78. The van der Waals surface area contributed by atoms with E-state index in [4.69, 9.17) is 24.4 Å². The summed E-state index contributed by atoms with van der Waals surface area (Å²) >= 11 is 0. The highest BCUT2D eigenvalue weighted by Gasteiger charge is 2.36. The minimum atomic E-state index is -1.32. The van der Waals surface area contributed by atoms with Gasteiger partial charge in [-0.1, -0.05) is 0 Å². The van der Waals surface area contributed by atoms with E-state index in [1.807, 2.05) is 6.92 Å². The van der Waals surface area contributed by atoms with Gasteiger partial charge in [0.15, 0.2) is 0 Å². The van der Waals surface area contributed by atoms with Crippen molar-refractivity contribution in [1.82, 2.24) is 0 Å². The summed E-state index contributed by atoms with van der Waals surface area (Å²) in [5, 5.41) is 36.7. The number of carboxylic acids is 2. The van der Waals surface area contributed by atoms with E-state index in [0.717, 1.165) is 16.7 Å². The third kappa shape index (κ3) is 12.9. The topological polar surface area (TPSA) is 238 Å². The smallest absolute Gasteiger partial charge is 0.311 e. The second-order valence-corrected chi connectivity index (χ2v) is 9.10. The largest absolute Gasteiger partial charge is 0.550 e. The molecule has 0 amide bonds. The highest BCUT2D eigenvalue weighted by atomic mass is 16.6. The van der Waals surface area contributed by atoms with Gasteiger partial charge in [0.05, 0.1) is 39.1 Å². The fourth-order valence-corrected chi connectivity index (χ4v) is 3.41. The number of hydrogen-bond donors (Lipinski definition) is 4. The molecule has 0 saturated heterocycles. The number of esters is 2. The van der Waals surface area contributed by atoms with Gasteiger partial charge < -0.3 is 55.7 Å². The van der Waals surface area contributed by atoms with E-state index in [9.17, 15) is 29.4 Å². The molecule has 39 heavy (non-hydrogen) atoms. The van der Waals surface area contributed by atoms with Crippen molar-refractivity contribution in [3.8, 4) is 11.5 Å². The van der Waals surface area contributed by atoms with Crippen molar-refractivity contribution in [2.45, 2.75) is 71.8 Å². The molecule has 1 atom stereocenters. The van der Waals surface area contributed by atoms with E-state index >= 15 is 0 Å². The predicted octanol–water partition coefficient (Wildman–Crippen LogP) is -3.35. The summed E-state index contributed by atoms with van der Waals surface area (Å²) in [6.45, 7) is 8.84. The van der Waals surface area contributed by atoms with Crippen LogP contribution in [0.2, 0.25) is 0 Å². The molecule has 1 heterocycles. The van der Waals surface area contributed by atoms with E-state index in [0.29, 0.717) is 43.0 Å². The van der Waals surface area contributed by atoms with Crippen molar-refractivity contribution < 1.29 is 65.3 Å². The molecule has 0 fully saturated rings. The first-order chi connectivity index (χ1) is 18.3. The minimum absolute atomic E-state index is 0.0319. The quantitative estimate of drug-likeness (QED) is 0.154. The molecule has 1 aliphatic heterocycles. The molecule has 222 valence electrons. The Hall–Kier alpha value is -3.26. The lowest BCUT2D eigenvalue weighted by atomic mass is 9.87. The lowest BCUT2D eigenvalue weighted by molar-refractivity contribution is -0.372. The summed E-state index contributed by atoms with van der Waals surface area (Å²) in [5.41, 5.74) is 8.96. The number of benzene rings is 1. The van der Waals surface area contributed by atoms with Crippen LogP contribution in [0.3, 0.4) is 0 Å². The molecule has 0 aromatic heterocycles. The molecule has 0 saturated carbocycles. The zero-order valence-electron chi connectivity index (χ0n) is 23.3. The number of hydrogen-bond acceptors (Lipinski definition) is 11. The van der Waals surface area contributed by atoms with Crippen LogP contribution < -0.4 is 31.2 Å². The predicted molar refractivity (Wildman–Crippen MR) is 133 cm³/mol. The summed E-state index contributed by atoms with van der Waals surface area (Å²) in [6.07, 6.45) is -0.256. The maximum atomic E-state index is 12.0. The number of rotatable bonds is 11. The molecular weight excluding hydrogens is 516 g/mol. The van der Waals surface area contributed by atoms with Gasteiger partial charge in [0.2, 0.25) is 0 Å². The van der Waals surface area contributed by atoms with Gasteiger partial charge in [0.1, 0.15) is 23.7 Å². The van der Waals surface area contributed by atoms with Crippen LogP contribution in [0.1, 0.15) is 61.3 Å². The van der Waals surface area contributed by atoms with Crippen molar-refractivity contribution in [3.05, 3.63) is 22.3 Å². The van der Waals surface area contributed by atoms with Gasteiger partial charge in [0.25, 0.3) is 0 Å². The first-order valence-electron chi connectivity index (χ1n) is 12.6. The van der Waals surface area contributed by atoms with Crippen molar-refractivity contribution >= 4 is 23.9 Å². The molecule has 1 unspecified atom stereocenters. The molecule has 8 N–H and O–H groups in total. The lowest BCUT2D eigenvalue weighted by Gasteiger charge is -2.37. The normalized spacial score (nSPS) is 15.3. The summed E-state index contributed by atoms with van der Waals surface area (Å²) in [4.78, 5) is 44.8. The summed E-state index contributed by atoms with van der Waals surface area (Å²) in [5.74, 6) is -2.91. The number of aliphatic carboxylic acids is 2. The monoisotopic (exact) mass is 558 g/mol. The summed E-state index contributed by atoms with van der Waals surface area (Å²) < 4.78 is 16.8. The van der Waals surface area contributed by atoms with Gasteiger partial charge >= 0.3 is 11.9 Å². The van der Waals surface area contributed by atoms with E-state index in [1.54, 1.807) is 20.8 Å². The Morgan fingerprint density at radius 3 is 1.82 bits per heavy atom. The molecule has 2 rings (SSSR count). The second kappa shape index (κ2) is 18.1. The molecule has 1 aliphatic rings. The summed E-state index contributed by atoms with van der Waals surface area (Å²) in [6, 6.07) is 0.